The Balaban J connectivity index is 2.61. The van der Waals surface area contributed by atoms with Gasteiger partial charge in [0.15, 0.2) is 0 Å². The number of nitrogens with one attached hydrogen (secondary N) is 1. The molecule has 1 aromatic heterocycles. The van der Waals surface area contributed by atoms with Crippen LogP contribution in [0.25, 0.3) is 0 Å². The van der Waals surface area contributed by atoms with Gasteiger partial charge in [-0.15, -0.1) is 0 Å². The van der Waals surface area contributed by atoms with Crippen molar-refractivity contribution < 1.29 is 19.1 Å². The number of carboxylic acid groups (broad SMARTS) is 1. The van der Waals surface area contributed by atoms with Crippen molar-refractivity contribution in [2.24, 2.45) is 0 Å². The summed E-state index contributed by atoms with van der Waals surface area (Å²) in [5, 5.41) is 11.5. The summed E-state index contributed by atoms with van der Waals surface area (Å²) in [6.45, 7) is 4.22. The van der Waals surface area contributed by atoms with Crippen LogP contribution < -0.4 is 5.32 Å². The third kappa shape index (κ3) is 3.24. The van der Waals surface area contributed by atoms with Crippen molar-refractivity contribution >= 4 is 12.0 Å². The van der Waals surface area contributed by atoms with E-state index in [0.29, 0.717) is 18.1 Å². The molecular weight excluding hydrogens is 224 g/mol. The summed E-state index contributed by atoms with van der Waals surface area (Å²) in [5.41, 5.74) is 0.123. The van der Waals surface area contributed by atoms with Gasteiger partial charge in [0.25, 0.3) is 0 Å². The number of furan rings is 1. The number of carbonyl (C=O) groups excluding carboxylic acids is 1. The van der Waals surface area contributed by atoms with Crippen LogP contribution in [-0.2, 0) is 6.54 Å². The second-order valence-electron chi connectivity index (χ2n) is 3.66. The molecule has 0 atom stereocenters. The SMILES string of the molecule is CCN(C)C(=O)NCc1cc(C(=O)O)c(C)o1. The van der Waals surface area contributed by atoms with Crippen LogP contribution in [0.2, 0.25) is 0 Å². The average molecular weight is 240 g/mol. The Bertz CT molecular complexity index is 425. The Morgan fingerprint density at radius 2 is 2.18 bits per heavy atom. The zero-order chi connectivity index (χ0) is 13.0. The van der Waals surface area contributed by atoms with Gasteiger partial charge in [-0.25, -0.2) is 9.59 Å². The summed E-state index contributed by atoms with van der Waals surface area (Å²) < 4.78 is 5.23. The van der Waals surface area contributed by atoms with E-state index in [2.05, 4.69) is 5.32 Å². The second-order valence-corrected chi connectivity index (χ2v) is 3.66. The number of carbonyl (C=O) groups is 2. The first-order valence-corrected chi connectivity index (χ1v) is 5.27. The largest absolute Gasteiger partial charge is 0.478 e. The molecule has 0 saturated carbocycles. The van der Waals surface area contributed by atoms with Crippen LogP contribution in [0.3, 0.4) is 0 Å². The predicted molar refractivity (Wildman–Crippen MR) is 60.9 cm³/mol. The normalized spacial score (nSPS) is 10.1. The van der Waals surface area contributed by atoms with Gasteiger partial charge in [0.05, 0.1) is 6.54 Å². The maximum absolute atomic E-state index is 11.4. The Morgan fingerprint density at radius 1 is 1.53 bits per heavy atom. The Hall–Kier alpha value is -1.98. The van der Waals surface area contributed by atoms with Gasteiger partial charge in [-0.3, -0.25) is 0 Å². The highest BCUT2D eigenvalue weighted by atomic mass is 16.4. The lowest BCUT2D eigenvalue weighted by Gasteiger charge is -2.14. The first-order valence-electron chi connectivity index (χ1n) is 5.27. The number of urea groups is 1. The predicted octanol–water partition coefficient (Wildman–Crippen LogP) is 1.45. The second kappa shape index (κ2) is 5.38. The van der Waals surface area contributed by atoms with Crippen molar-refractivity contribution in [2.45, 2.75) is 20.4 Å². The molecule has 1 aromatic rings. The van der Waals surface area contributed by atoms with Crippen LogP contribution in [0.15, 0.2) is 10.5 Å². The highest BCUT2D eigenvalue weighted by molar-refractivity contribution is 5.88. The minimum Gasteiger partial charge on any atom is -0.478 e. The number of nitrogens with zero attached hydrogens (tertiary/aromatic N) is 1. The van der Waals surface area contributed by atoms with E-state index in [0.717, 1.165) is 0 Å². The van der Waals surface area contributed by atoms with E-state index in [1.165, 1.54) is 11.0 Å². The third-order valence-electron chi connectivity index (χ3n) is 2.43. The minimum absolute atomic E-state index is 0.123. The van der Waals surface area contributed by atoms with Crippen molar-refractivity contribution in [2.75, 3.05) is 13.6 Å². The summed E-state index contributed by atoms with van der Waals surface area (Å²) >= 11 is 0. The number of carboxylic acids is 1. The number of aromatic carboxylic acids is 1. The van der Waals surface area contributed by atoms with Gasteiger partial charge in [-0.2, -0.15) is 0 Å². The van der Waals surface area contributed by atoms with Gasteiger partial charge in [-0.05, 0) is 19.9 Å². The van der Waals surface area contributed by atoms with Gasteiger partial charge in [0.2, 0.25) is 0 Å². The molecule has 94 valence electrons. The van der Waals surface area contributed by atoms with Gasteiger partial charge in [-0.1, -0.05) is 0 Å². The lowest BCUT2D eigenvalue weighted by Crippen LogP contribution is -2.36. The number of amides is 2. The van der Waals surface area contributed by atoms with Crippen LogP contribution in [-0.4, -0.2) is 35.6 Å². The highest BCUT2D eigenvalue weighted by Gasteiger charge is 2.14. The molecule has 1 rings (SSSR count). The minimum atomic E-state index is -1.03. The molecule has 2 N–H and O–H groups in total. The molecule has 0 aromatic carbocycles. The molecule has 0 aliphatic heterocycles. The lowest BCUT2D eigenvalue weighted by molar-refractivity contribution is 0.0695. The molecule has 0 saturated heterocycles. The monoisotopic (exact) mass is 240 g/mol. The molecule has 2 amide bonds. The van der Waals surface area contributed by atoms with Crippen LogP contribution in [0.1, 0.15) is 28.8 Å². The highest BCUT2D eigenvalue weighted by Crippen LogP contribution is 2.14. The quantitative estimate of drug-likeness (QED) is 0.834. The van der Waals surface area contributed by atoms with E-state index in [1.54, 1.807) is 14.0 Å². The third-order valence-corrected chi connectivity index (χ3v) is 2.43. The average Bonchev–Trinajstić information content (AvgIpc) is 2.66. The number of hydrogen-bond acceptors (Lipinski definition) is 3. The fraction of sp³-hybridized carbons (Fsp3) is 0.455. The van der Waals surface area contributed by atoms with Crippen LogP contribution in [0.5, 0.6) is 0 Å². The summed E-state index contributed by atoms with van der Waals surface area (Å²) in [6.07, 6.45) is 0. The van der Waals surface area contributed by atoms with Gasteiger partial charge >= 0.3 is 12.0 Å². The van der Waals surface area contributed by atoms with E-state index >= 15 is 0 Å². The summed E-state index contributed by atoms with van der Waals surface area (Å²) in [4.78, 5) is 23.7. The standard InChI is InChI=1S/C11H16N2O4/c1-4-13(3)11(16)12-6-8-5-9(10(14)15)7(2)17-8/h5H,4,6H2,1-3H3,(H,12,16)(H,14,15). The number of aryl methyl sites for hydroxylation is 1. The summed E-state index contributed by atoms with van der Waals surface area (Å²) in [6, 6.07) is 1.20. The zero-order valence-electron chi connectivity index (χ0n) is 10.1. The maximum atomic E-state index is 11.4. The first kappa shape index (κ1) is 13.1. The topological polar surface area (TPSA) is 82.8 Å². The molecule has 17 heavy (non-hydrogen) atoms. The molecule has 0 radical (unpaired) electrons. The molecule has 0 aliphatic carbocycles. The van der Waals surface area contributed by atoms with Gasteiger partial charge in [0.1, 0.15) is 17.1 Å². The fourth-order valence-corrected chi connectivity index (χ4v) is 1.28. The Morgan fingerprint density at radius 3 is 2.65 bits per heavy atom. The lowest BCUT2D eigenvalue weighted by atomic mass is 10.2. The van der Waals surface area contributed by atoms with Gasteiger partial charge < -0.3 is 19.7 Å². The van der Waals surface area contributed by atoms with Crippen molar-refractivity contribution in [3.05, 3.63) is 23.2 Å². The Kier molecular flexibility index (Phi) is 4.14. The fourth-order valence-electron chi connectivity index (χ4n) is 1.28. The van der Waals surface area contributed by atoms with Crippen LogP contribution >= 0.6 is 0 Å². The van der Waals surface area contributed by atoms with E-state index in [4.69, 9.17) is 9.52 Å². The molecule has 0 spiro atoms. The van der Waals surface area contributed by atoms with Gasteiger partial charge in [0, 0.05) is 13.6 Å². The van der Waals surface area contributed by atoms with Crippen molar-refractivity contribution in [1.29, 1.82) is 0 Å². The molecule has 0 fully saturated rings. The maximum Gasteiger partial charge on any atom is 0.339 e. The van der Waals surface area contributed by atoms with Crippen LogP contribution in [0.4, 0.5) is 4.79 Å². The van der Waals surface area contributed by atoms with E-state index in [-0.39, 0.29) is 18.1 Å². The molecular formula is C11H16N2O4. The number of rotatable bonds is 4. The molecule has 6 nitrogen and oxygen atoms in total. The molecule has 0 bridgehead atoms. The van der Waals surface area contributed by atoms with E-state index in [9.17, 15) is 9.59 Å². The summed E-state index contributed by atoms with van der Waals surface area (Å²) in [5.74, 6) is -0.266. The van der Waals surface area contributed by atoms with Crippen molar-refractivity contribution in [3.8, 4) is 0 Å². The van der Waals surface area contributed by atoms with Crippen LogP contribution in [0, 0.1) is 6.92 Å². The molecule has 0 unspecified atom stereocenters. The molecule has 0 aliphatic rings. The zero-order valence-corrected chi connectivity index (χ0v) is 10.1. The Labute approximate surface area is 99.2 Å². The summed E-state index contributed by atoms with van der Waals surface area (Å²) in [7, 11) is 1.67. The van der Waals surface area contributed by atoms with Crippen molar-refractivity contribution in [1.82, 2.24) is 10.2 Å². The van der Waals surface area contributed by atoms with Crippen molar-refractivity contribution in [3.63, 3.8) is 0 Å². The molecule has 1 heterocycles. The first-order chi connectivity index (χ1) is 7.95. The van der Waals surface area contributed by atoms with E-state index in [1.807, 2.05) is 6.92 Å². The smallest absolute Gasteiger partial charge is 0.339 e. The molecule has 6 heteroatoms. The van der Waals surface area contributed by atoms with E-state index < -0.39 is 5.97 Å². The number of hydrogen-bond donors (Lipinski definition) is 2.